The van der Waals surface area contributed by atoms with Crippen molar-refractivity contribution in [1.29, 1.82) is 0 Å². The average Bonchev–Trinajstić information content (AvgIpc) is 2.45. The van der Waals surface area contributed by atoms with Gasteiger partial charge >= 0.3 is 6.18 Å². The summed E-state index contributed by atoms with van der Waals surface area (Å²) in [5, 5.41) is 2.97. The Kier molecular flexibility index (Phi) is 4.96. The van der Waals surface area contributed by atoms with Crippen molar-refractivity contribution in [2.45, 2.75) is 26.1 Å². The van der Waals surface area contributed by atoms with Gasteiger partial charge < -0.3 is 10.1 Å². The molecule has 5 heteroatoms. The summed E-state index contributed by atoms with van der Waals surface area (Å²) in [6, 6.07) is 12.8. The second kappa shape index (κ2) is 6.73. The van der Waals surface area contributed by atoms with Gasteiger partial charge in [-0.3, -0.25) is 0 Å². The second-order valence-electron chi connectivity index (χ2n) is 5.20. The van der Waals surface area contributed by atoms with Crippen molar-refractivity contribution >= 4 is 5.69 Å². The van der Waals surface area contributed by atoms with Gasteiger partial charge in [0.05, 0.1) is 12.1 Å². The highest BCUT2D eigenvalue weighted by Crippen LogP contribution is 2.30. The maximum absolute atomic E-state index is 12.6. The molecule has 1 N–H and O–H groups in total. The number of hydrogen-bond donors (Lipinski definition) is 1. The Labute approximate surface area is 127 Å². The molecule has 118 valence electrons. The van der Waals surface area contributed by atoms with Crippen LogP contribution in [0, 0.1) is 6.92 Å². The van der Waals surface area contributed by atoms with E-state index in [9.17, 15) is 13.2 Å². The minimum absolute atomic E-state index is 0.170. The first-order valence-corrected chi connectivity index (χ1v) is 6.99. The molecule has 2 rings (SSSR count). The normalized spacial score (nSPS) is 12.8. The fraction of sp³-hybridized carbons (Fsp3) is 0.294. The molecule has 0 bridgehead atoms. The van der Waals surface area contributed by atoms with Gasteiger partial charge in [-0.05, 0) is 49.7 Å². The van der Waals surface area contributed by atoms with Gasteiger partial charge in [0.2, 0.25) is 0 Å². The van der Waals surface area contributed by atoms with Crippen LogP contribution in [0.5, 0.6) is 5.75 Å². The van der Waals surface area contributed by atoms with E-state index in [1.807, 2.05) is 38.1 Å². The maximum Gasteiger partial charge on any atom is 0.416 e. The van der Waals surface area contributed by atoms with Crippen LogP contribution in [0.4, 0.5) is 18.9 Å². The zero-order valence-electron chi connectivity index (χ0n) is 12.4. The standard InChI is InChI=1S/C17H18F3NO/c1-12-5-3-8-16(9-12)22-13(2)11-21-15-7-4-6-14(10-15)17(18,19)20/h3-10,13,21H,11H2,1-2H3. The predicted molar refractivity (Wildman–Crippen MR) is 81.2 cm³/mol. The summed E-state index contributed by atoms with van der Waals surface area (Å²) in [5.41, 5.74) is 0.856. The summed E-state index contributed by atoms with van der Waals surface area (Å²) in [6.45, 7) is 4.25. The fourth-order valence-electron chi connectivity index (χ4n) is 2.03. The molecule has 0 aliphatic rings. The van der Waals surface area contributed by atoms with E-state index in [2.05, 4.69) is 5.32 Å². The van der Waals surface area contributed by atoms with Crippen LogP contribution in [0.3, 0.4) is 0 Å². The Morgan fingerprint density at radius 1 is 1.09 bits per heavy atom. The van der Waals surface area contributed by atoms with Crippen molar-refractivity contribution in [3.05, 3.63) is 59.7 Å². The summed E-state index contributed by atoms with van der Waals surface area (Å²) in [7, 11) is 0. The number of nitrogens with one attached hydrogen (secondary N) is 1. The lowest BCUT2D eigenvalue weighted by atomic mass is 10.2. The molecular formula is C17H18F3NO. The smallest absolute Gasteiger partial charge is 0.416 e. The van der Waals surface area contributed by atoms with Crippen molar-refractivity contribution in [3.63, 3.8) is 0 Å². The van der Waals surface area contributed by atoms with Crippen LogP contribution in [0.25, 0.3) is 0 Å². The summed E-state index contributed by atoms with van der Waals surface area (Å²) in [5.74, 6) is 0.748. The molecule has 0 radical (unpaired) electrons. The molecule has 0 aliphatic carbocycles. The summed E-state index contributed by atoms with van der Waals surface area (Å²) in [6.07, 6.45) is -4.50. The molecule has 0 saturated carbocycles. The van der Waals surface area contributed by atoms with Crippen molar-refractivity contribution in [2.24, 2.45) is 0 Å². The number of anilines is 1. The Morgan fingerprint density at radius 3 is 2.50 bits per heavy atom. The molecule has 1 unspecified atom stereocenters. The van der Waals surface area contributed by atoms with Crippen LogP contribution >= 0.6 is 0 Å². The zero-order chi connectivity index (χ0) is 16.2. The minimum Gasteiger partial charge on any atom is -0.489 e. The SMILES string of the molecule is Cc1cccc(OC(C)CNc2cccc(C(F)(F)F)c2)c1. The third kappa shape index (κ3) is 4.69. The van der Waals surface area contributed by atoms with Gasteiger partial charge in [-0.1, -0.05) is 18.2 Å². The first-order valence-electron chi connectivity index (χ1n) is 6.99. The van der Waals surface area contributed by atoms with Crippen molar-refractivity contribution in [3.8, 4) is 5.75 Å². The molecule has 2 aromatic carbocycles. The predicted octanol–water partition coefficient (Wildman–Crippen LogP) is 4.89. The van der Waals surface area contributed by atoms with Gasteiger partial charge in [-0.15, -0.1) is 0 Å². The zero-order valence-corrected chi connectivity index (χ0v) is 12.4. The first-order chi connectivity index (χ1) is 10.3. The van der Waals surface area contributed by atoms with Gasteiger partial charge in [-0.25, -0.2) is 0 Å². The number of hydrogen-bond acceptors (Lipinski definition) is 2. The van der Waals surface area contributed by atoms with E-state index >= 15 is 0 Å². The number of benzene rings is 2. The molecular weight excluding hydrogens is 291 g/mol. The second-order valence-corrected chi connectivity index (χ2v) is 5.20. The Bertz CT molecular complexity index is 625. The van der Waals surface area contributed by atoms with Gasteiger partial charge in [-0.2, -0.15) is 13.2 Å². The van der Waals surface area contributed by atoms with Gasteiger partial charge in [0, 0.05) is 5.69 Å². The Hall–Kier alpha value is -2.17. The minimum atomic E-state index is -4.33. The monoisotopic (exact) mass is 309 g/mol. The molecule has 0 amide bonds. The number of rotatable bonds is 5. The highest BCUT2D eigenvalue weighted by molar-refractivity contribution is 5.46. The number of alkyl halides is 3. The van der Waals surface area contributed by atoms with Gasteiger partial charge in [0.1, 0.15) is 11.9 Å². The number of halogens is 3. The van der Waals surface area contributed by atoms with Crippen LogP contribution in [0.2, 0.25) is 0 Å². The molecule has 0 heterocycles. The average molecular weight is 309 g/mol. The Morgan fingerprint density at radius 2 is 1.82 bits per heavy atom. The fourth-order valence-corrected chi connectivity index (χ4v) is 2.03. The van der Waals surface area contributed by atoms with E-state index in [4.69, 9.17) is 4.74 Å². The van der Waals surface area contributed by atoms with E-state index in [0.717, 1.165) is 23.4 Å². The molecule has 0 saturated heterocycles. The van der Waals surface area contributed by atoms with E-state index in [1.165, 1.54) is 6.07 Å². The molecule has 0 spiro atoms. The lowest BCUT2D eigenvalue weighted by molar-refractivity contribution is -0.137. The van der Waals surface area contributed by atoms with Crippen LogP contribution in [-0.2, 0) is 6.18 Å². The van der Waals surface area contributed by atoms with E-state index in [0.29, 0.717) is 12.2 Å². The number of aryl methyl sites for hydroxylation is 1. The van der Waals surface area contributed by atoms with E-state index in [-0.39, 0.29) is 6.10 Å². The van der Waals surface area contributed by atoms with E-state index in [1.54, 1.807) is 6.07 Å². The molecule has 0 fully saturated rings. The third-order valence-electron chi connectivity index (χ3n) is 3.11. The summed E-state index contributed by atoms with van der Waals surface area (Å²) in [4.78, 5) is 0. The number of ether oxygens (including phenoxy) is 1. The van der Waals surface area contributed by atoms with Crippen molar-refractivity contribution in [1.82, 2.24) is 0 Å². The lowest BCUT2D eigenvalue weighted by Crippen LogP contribution is -2.22. The quantitative estimate of drug-likeness (QED) is 0.849. The van der Waals surface area contributed by atoms with Gasteiger partial charge in [0.15, 0.2) is 0 Å². The lowest BCUT2D eigenvalue weighted by Gasteiger charge is -2.17. The molecule has 0 aliphatic heterocycles. The highest BCUT2D eigenvalue weighted by Gasteiger charge is 2.30. The molecule has 0 aromatic heterocycles. The van der Waals surface area contributed by atoms with Crippen LogP contribution in [-0.4, -0.2) is 12.6 Å². The molecule has 1 atom stereocenters. The van der Waals surface area contributed by atoms with Gasteiger partial charge in [0.25, 0.3) is 0 Å². The first kappa shape index (κ1) is 16.2. The summed E-state index contributed by atoms with van der Waals surface area (Å²) >= 11 is 0. The van der Waals surface area contributed by atoms with Crippen molar-refractivity contribution < 1.29 is 17.9 Å². The third-order valence-corrected chi connectivity index (χ3v) is 3.11. The molecule has 22 heavy (non-hydrogen) atoms. The topological polar surface area (TPSA) is 21.3 Å². The van der Waals surface area contributed by atoms with Crippen LogP contribution < -0.4 is 10.1 Å². The largest absolute Gasteiger partial charge is 0.489 e. The van der Waals surface area contributed by atoms with E-state index < -0.39 is 11.7 Å². The summed E-state index contributed by atoms with van der Waals surface area (Å²) < 4.78 is 43.6. The molecule has 2 nitrogen and oxygen atoms in total. The highest BCUT2D eigenvalue weighted by atomic mass is 19.4. The van der Waals surface area contributed by atoms with Crippen molar-refractivity contribution in [2.75, 3.05) is 11.9 Å². The molecule has 2 aromatic rings. The van der Waals surface area contributed by atoms with Crippen LogP contribution in [0.1, 0.15) is 18.1 Å². The Balaban J connectivity index is 1.92. The maximum atomic E-state index is 12.6. The van der Waals surface area contributed by atoms with Crippen LogP contribution in [0.15, 0.2) is 48.5 Å².